The van der Waals surface area contributed by atoms with Crippen LogP contribution in [0, 0.1) is 0 Å². The Morgan fingerprint density at radius 3 is 2.35 bits per heavy atom. The number of phenols is 3. The summed E-state index contributed by atoms with van der Waals surface area (Å²) in [6, 6.07) is 8.39. The smallest absolute Gasteiger partial charge is 0.283 e. The number of hydrogen-bond donors (Lipinski definition) is 3. The van der Waals surface area contributed by atoms with Crippen LogP contribution in [-0.4, -0.2) is 25.1 Å². The van der Waals surface area contributed by atoms with Crippen molar-refractivity contribution < 1.29 is 15.3 Å². The van der Waals surface area contributed by atoms with Crippen molar-refractivity contribution in [1.29, 1.82) is 0 Å². The summed E-state index contributed by atoms with van der Waals surface area (Å²) < 4.78 is 1.11. The molecule has 0 radical (unpaired) electrons. The van der Waals surface area contributed by atoms with Gasteiger partial charge in [-0.2, -0.15) is 9.78 Å². The highest BCUT2D eigenvalue weighted by molar-refractivity contribution is 5.88. The summed E-state index contributed by atoms with van der Waals surface area (Å²) in [6.45, 7) is 0. The number of phenolic OH excluding ortho intramolecular Hbond substituents is 3. The molecule has 0 atom stereocenters. The number of nitrogens with zero attached hydrogens (tertiary/aromatic N) is 2. The first-order chi connectivity index (χ1) is 9.56. The molecule has 2 aromatic carbocycles. The highest BCUT2D eigenvalue weighted by Gasteiger charge is 2.11. The zero-order valence-corrected chi connectivity index (χ0v) is 10.2. The lowest BCUT2D eigenvalue weighted by atomic mass is 10.1. The van der Waals surface area contributed by atoms with Gasteiger partial charge in [0.25, 0.3) is 5.56 Å². The average molecular weight is 270 g/mol. The van der Waals surface area contributed by atoms with Gasteiger partial charge in [0.15, 0.2) is 0 Å². The van der Waals surface area contributed by atoms with Crippen molar-refractivity contribution in [2.75, 3.05) is 0 Å². The Bertz CT molecular complexity index is 853. The largest absolute Gasteiger partial charge is 0.508 e. The quantitative estimate of drug-likeness (QED) is 0.622. The van der Waals surface area contributed by atoms with Gasteiger partial charge in [0, 0.05) is 11.5 Å². The van der Waals surface area contributed by atoms with E-state index in [0.717, 1.165) is 10.7 Å². The van der Waals surface area contributed by atoms with E-state index >= 15 is 0 Å². The van der Waals surface area contributed by atoms with E-state index in [1.54, 1.807) is 0 Å². The van der Waals surface area contributed by atoms with Crippen LogP contribution < -0.4 is 5.56 Å². The fourth-order valence-electron chi connectivity index (χ4n) is 2.02. The summed E-state index contributed by atoms with van der Waals surface area (Å²) >= 11 is 0. The third-order valence-corrected chi connectivity index (χ3v) is 2.95. The van der Waals surface area contributed by atoms with E-state index in [0.29, 0.717) is 11.1 Å². The zero-order chi connectivity index (χ0) is 14.3. The molecule has 0 saturated carbocycles. The molecule has 1 heterocycles. The summed E-state index contributed by atoms with van der Waals surface area (Å²) in [5.74, 6) is -0.367. The van der Waals surface area contributed by atoms with Crippen LogP contribution in [0.25, 0.3) is 16.5 Å². The highest BCUT2D eigenvalue weighted by Crippen LogP contribution is 2.26. The Hall–Kier alpha value is -3.02. The Morgan fingerprint density at radius 2 is 1.65 bits per heavy atom. The standard InChI is InChI=1S/C14H10N2O4/c17-10-3-1-9(2-4-10)16-14(20)13-8(7-15-16)5-11(18)6-12(13)19/h1-7,17-19H. The first kappa shape index (κ1) is 12.0. The van der Waals surface area contributed by atoms with Crippen molar-refractivity contribution in [3.63, 3.8) is 0 Å². The van der Waals surface area contributed by atoms with Gasteiger partial charge in [-0.05, 0) is 30.3 Å². The maximum atomic E-state index is 12.3. The number of aromatic nitrogens is 2. The van der Waals surface area contributed by atoms with E-state index in [-0.39, 0.29) is 22.6 Å². The van der Waals surface area contributed by atoms with Crippen LogP contribution in [-0.2, 0) is 0 Å². The van der Waals surface area contributed by atoms with Gasteiger partial charge in [0.2, 0.25) is 0 Å². The van der Waals surface area contributed by atoms with Gasteiger partial charge in [0.1, 0.15) is 17.2 Å². The molecule has 0 spiro atoms. The molecule has 0 aliphatic carbocycles. The van der Waals surface area contributed by atoms with Gasteiger partial charge in [-0.3, -0.25) is 4.79 Å². The maximum Gasteiger partial charge on any atom is 0.283 e. The number of fused-ring (bicyclic) bond motifs is 1. The highest BCUT2D eigenvalue weighted by atomic mass is 16.3. The van der Waals surface area contributed by atoms with Gasteiger partial charge in [-0.1, -0.05) is 0 Å². The Labute approximate surface area is 112 Å². The van der Waals surface area contributed by atoms with E-state index in [4.69, 9.17) is 0 Å². The predicted molar refractivity (Wildman–Crippen MR) is 72.3 cm³/mol. The second kappa shape index (κ2) is 4.27. The minimum atomic E-state index is -0.509. The predicted octanol–water partition coefficient (Wildman–Crippen LogP) is 1.50. The lowest BCUT2D eigenvalue weighted by Crippen LogP contribution is -2.20. The Morgan fingerprint density at radius 1 is 0.950 bits per heavy atom. The van der Waals surface area contributed by atoms with Crippen molar-refractivity contribution in [1.82, 2.24) is 9.78 Å². The van der Waals surface area contributed by atoms with Crippen LogP contribution in [0.5, 0.6) is 17.2 Å². The molecule has 0 unspecified atom stereocenters. The molecule has 0 bridgehead atoms. The van der Waals surface area contributed by atoms with Crippen LogP contribution in [0.4, 0.5) is 0 Å². The van der Waals surface area contributed by atoms with Crippen LogP contribution >= 0.6 is 0 Å². The summed E-state index contributed by atoms with van der Waals surface area (Å²) in [7, 11) is 0. The minimum Gasteiger partial charge on any atom is -0.508 e. The number of rotatable bonds is 1. The third-order valence-electron chi connectivity index (χ3n) is 2.95. The number of aromatic hydroxyl groups is 3. The lowest BCUT2D eigenvalue weighted by Gasteiger charge is -2.07. The maximum absolute atomic E-state index is 12.3. The van der Waals surface area contributed by atoms with E-state index in [2.05, 4.69) is 5.10 Å². The minimum absolute atomic E-state index is 0.0749. The summed E-state index contributed by atoms with van der Waals surface area (Å²) in [4.78, 5) is 12.3. The lowest BCUT2D eigenvalue weighted by molar-refractivity contribution is 0.454. The van der Waals surface area contributed by atoms with Gasteiger partial charge in [-0.15, -0.1) is 0 Å². The van der Waals surface area contributed by atoms with Gasteiger partial charge in [0.05, 0.1) is 17.3 Å². The molecule has 0 saturated heterocycles. The normalized spacial score (nSPS) is 10.8. The number of hydrogen-bond acceptors (Lipinski definition) is 5. The summed E-state index contributed by atoms with van der Waals surface area (Å²) in [5.41, 5.74) is -0.0483. The van der Waals surface area contributed by atoms with Crippen LogP contribution in [0.3, 0.4) is 0 Å². The van der Waals surface area contributed by atoms with E-state index in [1.807, 2.05) is 0 Å². The molecular weight excluding hydrogens is 260 g/mol. The molecule has 6 heteroatoms. The second-order valence-electron chi connectivity index (χ2n) is 4.31. The first-order valence-corrected chi connectivity index (χ1v) is 5.80. The van der Waals surface area contributed by atoms with Crippen molar-refractivity contribution in [3.05, 3.63) is 52.9 Å². The van der Waals surface area contributed by atoms with E-state index in [1.165, 1.54) is 36.5 Å². The third kappa shape index (κ3) is 1.83. The van der Waals surface area contributed by atoms with Crippen molar-refractivity contribution >= 4 is 10.8 Å². The molecule has 3 N–H and O–H groups in total. The Kier molecular flexibility index (Phi) is 2.57. The monoisotopic (exact) mass is 270 g/mol. The molecular formula is C14H10N2O4. The van der Waals surface area contributed by atoms with Gasteiger partial charge in [-0.25, -0.2) is 0 Å². The molecule has 1 aromatic heterocycles. The van der Waals surface area contributed by atoms with E-state index in [9.17, 15) is 20.1 Å². The van der Waals surface area contributed by atoms with Gasteiger partial charge >= 0.3 is 0 Å². The summed E-state index contributed by atoms with van der Waals surface area (Å²) in [6.07, 6.45) is 1.38. The fourth-order valence-corrected chi connectivity index (χ4v) is 2.02. The van der Waals surface area contributed by atoms with Crippen LogP contribution in [0.1, 0.15) is 0 Å². The number of benzene rings is 2. The Balaban J connectivity index is 2.31. The van der Waals surface area contributed by atoms with E-state index < -0.39 is 5.56 Å². The first-order valence-electron chi connectivity index (χ1n) is 5.80. The molecule has 3 aromatic rings. The van der Waals surface area contributed by atoms with Gasteiger partial charge < -0.3 is 15.3 Å². The molecule has 6 nitrogen and oxygen atoms in total. The molecule has 3 rings (SSSR count). The van der Waals surface area contributed by atoms with Crippen LogP contribution in [0.15, 0.2) is 47.4 Å². The molecule has 100 valence electrons. The zero-order valence-electron chi connectivity index (χ0n) is 10.2. The summed E-state index contributed by atoms with van der Waals surface area (Å²) in [5, 5.41) is 32.9. The van der Waals surface area contributed by atoms with Crippen molar-refractivity contribution in [2.45, 2.75) is 0 Å². The molecule has 0 amide bonds. The second-order valence-corrected chi connectivity index (χ2v) is 4.31. The molecule has 20 heavy (non-hydrogen) atoms. The molecule has 0 fully saturated rings. The van der Waals surface area contributed by atoms with Crippen molar-refractivity contribution in [3.8, 4) is 22.9 Å². The van der Waals surface area contributed by atoms with Crippen LogP contribution in [0.2, 0.25) is 0 Å². The fraction of sp³-hybridized carbons (Fsp3) is 0. The average Bonchev–Trinajstić information content (AvgIpc) is 2.39. The SMILES string of the molecule is O=c1c2c(O)cc(O)cc2cnn1-c1ccc(O)cc1. The molecule has 0 aliphatic heterocycles. The molecule has 0 aliphatic rings. The topological polar surface area (TPSA) is 95.6 Å². The van der Waals surface area contributed by atoms with Crippen molar-refractivity contribution in [2.24, 2.45) is 0 Å².